The number of H-pyrrole nitrogens is 1. The van der Waals surface area contributed by atoms with E-state index in [-0.39, 0.29) is 18.7 Å². The van der Waals surface area contributed by atoms with E-state index >= 15 is 0 Å². The van der Waals surface area contributed by atoms with E-state index in [1.165, 1.54) is 0 Å². The van der Waals surface area contributed by atoms with Crippen LogP contribution >= 0.6 is 0 Å². The average molecular weight is 554 g/mol. The number of nitrogens with one attached hydrogen (secondary N) is 3. The molecule has 0 radical (unpaired) electrons. The Morgan fingerprint density at radius 3 is 2.34 bits per heavy atom. The predicted molar refractivity (Wildman–Crippen MR) is 158 cm³/mol. The van der Waals surface area contributed by atoms with E-state index in [2.05, 4.69) is 21.7 Å². The maximum atomic E-state index is 13.6. The summed E-state index contributed by atoms with van der Waals surface area (Å²) in [5.74, 6) is -1.13. The van der Waals surface area contributed by atoms with Crippen LogP contribution in [0, 0.1) is 13.8 Å². The Morgan fingerprint density at radius 2 is 1.66 bits per heavy atom. The summed E-state index contributed by atoms with van der Waals surface area (Å²) in [5.41, 5.74) is 4.35. The number of hydrogen-bond acceptors (Lipinski definition) is 4. The third-order valence-electron chi connectivity index (χ3n) is 7.63. The second-order valence-corrected chi connectivity index (χ2v) is 11.0. The van der Waals surface area contributed by atoms with Crippen LogP contribution in [0.3, 0.4) is 0 Å². The highest BCUT2D eigenvalue weighted by Crippen LogP contribution is 2.35. The Kier molecular flexibility index (Phi) is 8.10. The first-order chi connectivity index (χ1) is 19.7. The van der Waals surface area contributed by atoms with Gasteiger partial charge in [0.25, 0.3) is 5.91 Å². The summed E-state index contributed by atoms with van der Waals surface area (Å²) >= 11 is 0. The van der Waals surface area contributed by atoms with Gasteiger partial charge in [0.05, 0.1) is 6.42 Å². The number of rotatable bonds is 10. The van der Waals surface area contributed by atoms with Crippen molar-refractivity contribution in [3.05, 3.63) is 95.2 Å². The van der Waals surface area contributed by atoms with Crippen LogP contribution in [0.2, 0.25) is 0 Å². The van der Waals surface area contributed by atoms with Gasteiger partial charge < -0.3 is 25.5 Å². The minimum Gasteiger partial charge on any atom is -0.480 e. The molecule has 212 valence electrons. The Balaban J connectivity index is 1.24. The zero-order chi connectivity index (χ0) is 29.0. The van der Waals surface area contributed by atoms with Crippen LogP contribution in [0.4, 0.5) is 5.69 Å². The maximum absolute atomic E-state index is 13.6. The summed E-state index contributed by atoms with van der Waals surface area (Å²) in [4.78, 5) is 41.5. The maximum Gasteiger partial charge on any atom is 0.326 e. The summed E-state index contributed by atoms with van der Waals surface area (Å²) in [6.07, 6.45) is 4.76. The van der Waals surface area contributed by atoms with E-state index in [0.717, 1.165) is 51.7 Å². The quantitative estimate of drug-likeness (QED) is 0.208. The van der Waals surface area contributed by atoms with Crippen molar-refractivity contribution < 1.29 is 24.2 Å². The van der Waals surface area contributed by atoms with Crippen LogP contribution in [0.1, 0.15) is 47.9 Å². The van der Waals surface area contributed by atoms with Crippen LogP contribution in [0.25, 0.3) is 10.9 Å². The number of aromatic amines is 1. The molecule has 1 saturated carbocycles. The van der Waals surface area contributed by atoms with Crippen molar-refractivity contribution in [2.45, 2.75) is 64.0 Å². The molecule has 1 aliphatic carbocycles. The van der Waals surface area contributed by atoms with Gasteiger partial charge in [0.1, 0.15) is 11.8 Å². The number of hydrogen-bond donors (Lipinski definition) is 4. The molecule has 1 heterocycles. The number of amides is 2. The molecule has 1 aliphatic rings. The average Bonchev–Trinajstić information content (AvgIpc) is 3.57. The van der Waals surface area contributed by atoms with Gasteiger partial charge in [-0.25, -0.2) is 4.79 Å². The van der Waals surface area contributed by atoms with E-state index < -0.39 is 23.5 Å². The van der Waals surface area contributed by atoms with Crippen LogP contribution in [0.5, 0.6) is 5.75 Å². The number of ether oxygens (including phenoxy) is 1. The molecule has 0 spiro atoms. The molecule has 0 bridgehead atoms. The largest absolute Gasteiger partial charge is 0.480 e. The number of para-hydroxylation sites is 1. The Labute approximate surface area is 239 Å². The third kappa shape index (κ3) is 6.60. The molecule has 1 fully saturated rings. The molecule has 1 aromatic heterocycles. The molecule has 4 N–H and O–H groups in total. The fourth-order valence-electron chi connectivity index (χ4n) is 5.67. The van der Waals surface area contributed by atoms with E-state index in [1.54, 1.807) is 18.3 Å². The van der Waals surface area contributed by atoms with Crippen LogP contribution < -0.4 is 15.4 Å². The minimum atomic E-state index is -1.14. The second kappa shape index (κ2) is 11.9. The van der Waals surface area contributed by atoms with E-state index in [4.69, 9.17) is 4.74 Å². The summed E-state index contributed by atoms with van der Waals surface area (Å²) in [5, 5.41) is 16.6. The number of carbonyl (C=O) groups excluding carboxylic acids is 2. The molecule has 3 aromatic carbocycles. The topological polar surface area (TPSA) is 121 Å². The fraction of sp³-hybridized carbons (Fsp3) is 0.303. The van der Waals surface area contributed by atoms with Gasteiger partial charge in [-0.3, -0.25) is 9.59 Å². The highest BCUT2D eigenvalue weighted by atomic mass is 16.5. The normalized spacial score (nSPS) is 14.9. The molecular formula is C33H35N3O5. The van der Waals surface area contributed by atoms with Crippen LogP contribution in [0.15, 0.2) is 72.9 Å². The van der Waals surface area contributed by atoms with Crippen molar-refractivity contribution in [3.63, 3.8) is 0 Å². The standard InChI is InChI=1S/C33H35N3O5/c1-21-15-22(2)17-25(16-21)35-30(37)18-23-9-11-26(12-10-23)41-33(13-5-6-14-33)32(40)36-29(31(38)39)19-24-20-34-28-8-4-3-7-27(24)28/h3-4,7-12,15-17,20,29,34H,5-6,13-14,18-19H2,1-2H3,(H,35,37)(H,36,40)(H,38,39)/t29-/m1/s1. The molecule has 8 nitrogen and oxygen atoms in total. The highest BCUT2D eigenvalue weighted by Gasteiger charge is 2.45. The third-order valence-corrected chi connectivity index (χ3v) is 7.63. The molecule has 1 atom stereocenters. The lowest BCUT2D eigenvalue weighted by Gasteiger charge is -2.30. The van der Waals surface area contributed by atoms with Crippen molar-refractivity contribution in [3.8, 4) is 5.75 Å². The first-order valence-electron chi connectivity index (χ1n) is 14.0. The number of carboxylic acid groups (broad SMARTS) is 1. The van der Waals surface area contributed by atoms with Gasteiger partial charge >= 0.3 is 5.97 Å². The van der Waals surface area contributed by atoms with Crippen molar-refractivity contribution in [2.75, 3.05) is 5.32 Å². The molecule has 0 unspecified atom stereocenters. The number of benzene rings is 3. The summed E-state index contributed by atoms with van der Waals surface area (Å²) in [7, 11) is 0. The summed E-state index contributed by atoms with van der Waals surface area (Å²) < 4.78 is 6.28. The smallest absolute Gasteiger partial charge is 0.326 e. The second-order valence-electron chi connectivity index (χ2n) is 11.0. The monoisotopic (exact) mass is 553 g/mol. The van der Waals surface area contributed by atoms with Gasteiger partial charge in [-0.1, -0.05) is 36.4 Å². The molecule has 8 heteroatoms. The lowest BCUT2D eigenvalue weighted by atomic mass is 9.98. The molecule has 0 aliphatic heterocycles. The molecule has 2 amide bonds. The molecule has 41 heavy (non-hydrogen) atoms. The lowest BCUT2D eigenvalue weighted by Crippen LogP contribution is -2.54. The van der Waals surface area contributed by atoms with Crippen molar-refractivity contribution >= 4 is 34.4 Å². The van der Waals surface area contributed by atoms with E-state index in [9.17, 15) is 19.5 Å². The van der Waals surface area contributed by atoms with Gasteiger partial charge in [-0.15, -0.1) is 0 Å². The minimum absolute atomic E-state index is 0.120. The van der Waals surface area contributed by atoms with E-state index in [1.807, 2.05) is 62.4 Å². The van der Waals surface area contributed by atoms with E-state index in [0.29, 0.717) is 18.6 Å². The number of aliphatic carboxylic acids is 1. The van der Waals surface area contributed by atoms with Gasteiger partial charge in [-0.2, -0.15) is 0 Å². The van der Waals surface area contributed by atoms with Crippen LogP contribution in [-0.2, 0) is 27.2 Å². The summed E-state index contributed by atoms with van der Waals surface area (Å²) in [6.45, 7) is 3.98. The summed E-state index contributed by atoms with van der Waals surface area (Å²) in [6, 6.07) is 19.6. The van der Waals surface area contributed by atoms with Crippen molar-refractivity contribution in [1.29, 1.82) is 0 Å². The first kappa shape index (κ1) is 28.0. The zero-order valence-corrected chi connectivity index (χ0v) is 23.3. The molecular weight excluding hydrogens is 518 g/mol. The van der Waals surface area contributed by atoms with Gasteiger partial charge in [0.15, 0.2) is 5.60 Å². The first-order valence-corrected chi connectivity index (χ1v) is 14.0. The molecule has 5 rings (SSSR count). The molecule has 0 saturated heterocycles. The molecule has 4 aromatic rings. The highest BCUT2D eigenvalue weighted by molar-refractivity contribution is 5.93. The number of carbonyl (C=O) groups is 3. The fourth-order valence-corrected chi connectivity index (χ4v) is 5.67. The van der Waals surface area contributed by atoms with Crippen molar-refractivity contribution in [2.24, 2.45) is 0 Å². The zero-order valence-electron chi connectivity index (χ0n) is 23.3. The number of aromatic nitrogens is 1. The number of fused-ring (bicyclic) bond motifs is 1. The number of anilines is 1. The predicted octanol–water partition coefficient (Wildman–Crippen LogP) is 5.47. The van der Waals surface area contributed by atoms with Gasteiger partial charge in [0, 0.05) is 29.2 Å². The van der Waals surface area contributed by atoms with Crippen molar-refractivity contribution in [1.82, 2.24) is 10.3 Å². The SMILES string of the molecule is Cc1cc(C)cc(NC(=O)Cc2ccc(OC3(C(=O)N[C@H](Cc4c[nH]c5ccccc45)C(=O)O)CCCC3)cc2)c1. The Morgan fingerprint density at radius 1 is 0.976 bits per heavy atom. The Bertz CT molecular complexity index is 1550. The van der Waals surface area contributed by atoms with Gasteiger partial charge in [-0.05, 0) is 92.1 Å². The van der Waals surface area contributed by atoms with Gasteiger partial charge in [0.2, 0.25) is 5.91 Å². The van der Waals surface area contributed by atoms with Crippen LogP contribution in [-0.4, -0.2) is 39.5 Å². The number of aryl methyl sites for hydroxylation is 2. The Hall–Kier alpha value is -4.59. The number of carboxylic acids is 1. The lowest BCUT2D eigenvalue weighted by molar-refractivity contribution is -0.145.